The number of hydrogen-bond donors (Lipinski definition) is 2. The number of nitrogens with zero attached hydrogens (tertiary/aromatic N) is 2. The standard InChI is InChI=1S/C22H21FN4O2/c1-12-6-4-8-15(10-12)21(28)24-19-18(14-7-5-9-16(23)11-14)17-13(2)26-27(3)20(17)25-22(19)29/h4-11,18-19H,1-3H3,(H,24,28)(H,25,29)/t18-,19+/m0/s1. The first-order valence-corrected chi connectivity index (χ1v) is 9.32. The third kappa shape index (κ3) is 3.40. The Morgan fingerprint density at radius 2 is 1.93 bits per heavy atom. The molecule has 7 heteroatoms. The van der Waals surface area contributed by atoms with Gasteiger partial charge >= 0.3 is 0 Å². The van der Waals surface area contributed by atoms with Gasteiger partial charge in [-0.1, -0.05) is 29.8 Å². The van der Waals surface area contributed by atoms with Crippen molar-refractivity contribution in [2.75, 3.05) is 5.32 Å². The highest BCUT2D eigenvalue weighted by Crippen LogP contribution is 2.39. The molecule has 6 nitrogen and oxygen atoms in total. The van der Waals surface area contributed by atoms with Gasteiger partial charge in [-0.25, -0.2) is 4.39 Å². The fourth-order valence-corrected chi connectivity index (χ4v) is 3.93. The second-order valence-electron chi connectivity index (χ2n) is 7.31. The van der Waals surface area contributed by atoms with E-state index in [9.17, 15) is 14.0 Å². The molecule has 4 rings (SSSR count). The number of halogens is 1. The van der Waals surface area contributed by atoms with Gasteiger partial charge in [0.05, 0.1) is 5.69 Å². The molecule has 2 N–H and O–H groups in total. The summed E-state index contributed by atoms with van der Waals surface area (Å²) in [5.41, 5.74) is 3.49. The van der Waals surface area contributed by atoms with E-state index in [4.69, 9.17) is 0 Å². The number of aromatic nitrogens is 2. The number of fused-ring (bicyclic) bond motifs is 1. The van der Waals surface area contributed by atoms with Crippen LogP contribution in [0.2, 0.25) is 0 Å². The molecule has 0 aliphatic carbocycles. The van der Waals surface area contributed by atoms with E-state index in [1.54, 1.807) is 42.1 Å². The van der Waals surface area contributed by atoms with E-state index in [1.165, 1.54) is 12.1 Å². The molecule has 1 aromatic heterocycles. The van der Waals surface area contributed by atoms with Gasteiger partial charge < -0.3 is 10.6 Å². The first-order chi connectivity index (χ1) is 13.8. The Hall–Kier alpha value is -3.48. The van der Waals surface area contributed by atoms with Gasteiger partial charge in [0.15, 0.2) is 0 Å². The second kappa shape index (κ2) is 7.16. The Kier molecular flexibility index (Phi) is 4.66. The quantitative estimate of drug-likeness (QED) is 0.719. The highest BCUT2D eigenvalue weighted by molar-refractivity contribution is 6.03. The van der Waals surface area contributed by atoms with Gasteiger partial charge in [0.1, 0.15) is 17.7 Å². The molecule has 0 fully saturated rings. The van der Waals surface area contributed by atoms with Gasteiger partial charge in [0.2, 0.25) is 5.91 Å². The van der Waals surface area contributed by atoms with Crippen LogP contribution in [-0.2, 0) is 11.8 Å². The first-order valence-electron chi connectivity index (χ1n) is 9.32. The molecule has 0 radical (unpaired) electrons. The molecule has 1 aliphatic heterocycles. The Labute approximate surface area is 167 Å². The van der Waals surface area contributed by atoms with E-state index in [2.05, 4.69) is 15.7 Å². The molecule has 2 atom stereocenters. The predicted octanol–water partition coefficient (Wildman–Crippen LogP) is 3.06. The number of carbonyl (C=O) groups is 2. The number of carbonyl (C=O) groups excluding carboxylic acids is 2. The van der Waals surface area contributed by atoms with Crippen molar-refractivity contribution in [1.82, 2.24) is 15.1 Å². The van der Waals surface area contributed by atoms with Crippen molar-refractivity contribution in [3.63, 3.8) is 0 Å². The minimum absolute atomic E-state index is 0.361. The molecule has 29 heavy (non-hydrogen) atoms. The van der Waals surface area contributed by atoms with Gasteiger partial charge in [0, 0.05) is 24.1 Å². The summed E-state index contributed by atoms with van der Waals surface area (Å²) in [4.78, 5) is 25.8. The topological polar surface area (TPSA) is 76.0 Å². The summed E-state index contributed by atoms with van der Waals surface area (Å²) in [5, 5.41) is 10.1. The van der Waals surface area contributed by atoms with Crippen molar-refractivity contribution in [1.29, 1.82) is 0 Å². The highest BCUT2D eigenvalue weighted by Gasteiger charge is 2.41. The normalized spacial score (nSPS) is 18.1. The molecule has 2 amide bonds. The van der Waals surface area contributed by atoms with Crippen LogP contribution in [0.1, 0.15) is 38.7 Å². The number of aryl methyl sites for hydroxylation is 3. The fourth-order valence-electron chi connectivity index (χ4n) is 3.93. The lowest BCUT2D eigenvalue weighted by atomic mass is 9.82. The lowest BCUT2D eigenvalue weighted by molar-refractivity contribution is -0.118. The van der Waals surface area contributed by atoms with Crippen molar-refractivity contribution >= 4 is 17.6 Å². The van der Waals surface area contributed by atoms with Gasteiger partial charge in [0.25, 0.3) is 5.91 Å². The van der Waals surface area contributed by atoms with Crippen molar-refractivity contribution < 1.29 is 14.0 Å². The molecular weight excluding hydrogens is 371 g/mol. The van der Waals surface area contributed by atoms with E-state index in [0.717, 1.165) is 11.1 Å². The van der Waals surface area contributed by atoms with E-state index in [-0.39, 0.29) is 11.8 Å². The van der Waals surface area contributed by atoms with Crippen LogP contribution in [0.25, 0.3) is 0 Å². The number of anilines is 1. The maximum Gasteiger partial charge on any atom is 0.251 e. The highest BCUT2D eigenvalue weighted by atomic mass is 19.1. The number of hydrogen-bond acceptors (Lipinski definition) is 3. The van der Waals surface area contributed by atoms with E-state index in [0.29, 0.717) is 22.6 Å². The molecule has 0 unspecified atom stereocenters. The van der Waals surface area contributed by atoms with Crippen LogP contribution in [0.5, 0.6) is 0 Å². The number of nitrogens with one attached hydrogen (secondary N) is 2. The average molecular weight is 392 g/mol. The maximum absolute atomic E-state index is 14.0. The summed E-state index contributed by atoms with van der Waals surface area (Å²) >= 11 is 0. The largest absolute Gasteiger partial charge is 0.339 e. The predicted molar refractivity (Wildman–Crippen MR) is 107 cm³/mol. The van der Waals surface area contributed by atoms with Crippen LogP contribution in [-0.4, -0.2) is 27.6 Å². The molecule has 2 heterocycles. The third-order valence-corrected chi connectivity index (χ3v) is 5.21. The molecule has 0 saturated heterocycles. The molecule has 0 bridgehead atoms. The Morgan fingerprint density at radius 1 is 1.17 bits per heavy atom. The third-order valence-electron chi connectivity index (χ3n) is 5.21. The summed E-state index contributed by atoms with van der Waals surface area (Å²) in [6.45, 7) is 3.73. The summed E-state index contributed by atoms with van der Waals surface area (Å²) in [6.07, 6.45) is 0. The Balaban J connectivity index is 1.79. The zero-order valence-corrected chi connectivity index (χ0v) is 16.4. The van der Waals surface area contributed by atoms with Gasteiger partial charge in [-0.15, -0.1) is 0 Å². The molecule has 1 aliphatic rings. The minimum Gasteiger partial charge on any atom is -0.339 e. The Bertz CT molecular complexity index is 1120. The van der Waals surface area contributed by atoms with Crippen LogP contribution in [0.15, 0.2) is 48.5 Å². The van der Waals surface area contributed by atoms with Crippen LogP contribution in [0.4, 0.5) is 10.2 Å². The molecule has 0 spiro atoms. The lowest BCUT2D eigenvalue weighted by Crippen LogP contribution is -2.50. The molecule has 2 aromatic carbocycles. The van der Waals surface area contributed by atoms with Crippen molar-refractivity contribution in [2.24, 2.45) is 7.05 Å². The number of amides is 2. The number of rotatable bonds is 3. The first kappa shape index (κ1) is 18.9. The van der Waals surface area contributed by atoms with Gasteiger partial charge in [-0.3, -0.25) is 14.3 Å². The van der Waals surface area contributed by atoms with Gasteiger partial charge in [-0.2, -0.15) is 5.10 Å². The summed E-state index contributed by atoms with van der Waals surface area (Å²) in [6, 6.07) is 12.3. The maximum atomic E-state index is 14.0. The summed E-state index contributed by atoms with van der Waals surface area (Å²) < 4.78 is 15.6. The Morgan fingerprint density at radius 3 is 2.66 bits per heavy atom. The van der Waals surface area contributed by atoms with E-state index < -0.39 is 17.8 Å². The van der Waals surface area contributed by atoms with Crippen molar-refractivity contribution in [3.05, 3.63) is 82.3 Å². The van der Waals surface area contributed by atoms with E-state index in [1.807, 2.05) is 19.9 Å². The average Bonchev–Trinajstić information content (AvgIpc) is 2.95. The van der Waals surface area contributed by atoms with Gasteiger partial charge in [-0.05, 0) is 43.7 Å². The monoisotopic (exact) mass is 392 g/mol. The van der Waals surface area contributed by atoms with Crippen LogP contribution < -0.4 is 10.6 Å². The zero-order valence-electron chi connectivity index (χ0n) is 16.4. The van der Waals surface area contributed by atoms with Crippen molar-refractivity contribution in [2.45, 2.75) is 25.8 Å². The summed E-state index contributed by atoms with van der Waals surface area (Å²) in [5.74, 6) is -1.13. The summed E-state index contributed by atoms with van der Waals surface area (Å²) in [7, 11) is 1.74. The lowest BCUT2D eigenvalue weighted by Gasteiger charge is -2.32. The van der Waals surface area contributed by atoms with Crippen LogP contribution in [0, 0.1) is 19.7 Å². The molecule has 148 valence electrons. The smallest absolute Gasteiger partial charge is 0.251 e. The number of benzene rings is 2. The molecule has 0 saturated carbocycles. The fraction of sp³-hybridized carbons (Fsp3) is 0.227. The second-order valence-corrected chi connectivity index (χ2v) is 7.31. The zero-order chi connectivity index (χ0) is 20.7. The van der Waals surface area contributed by atoms with E-state index >= 15 is 0 Å². The molecular formula is C22H21FN4O2. The van der Waals surface area contributed by atoms with Crippen molar-refractivity contribution in [3.8, 4) is 0 Å². The SMILES string of the molecule is Cc1cccc(C(=O)N[C@H]2C(=O)Nc3c(c(C)nn3C)[C@@H]2c2cccc(F)c2)c1. The van der Waals surface area contributed by atoms with Crippen LogP contribution in [0.3, 0.4) is 0 Å². The van der Waals surface area contributed by atoms with Crippen LogP contribution >= 0.6 is 0 Å². The molecule has 3 aromatic rings. The minimum atomic E-state index is -0.903.